The number of para-hydroxylation sites is 2. The molecule has 4 aromatic rings. The summed E-state index contributed by atoms with van der Waals surface area (Å²) in [7, 11) is 0. The number of rotatable bonds is 5. The zero-order chi connectivity index (χ0) is 22.8. The Labute approximate surface area is 204 Å². The number of thioether (sulfide) groups is 1. The van der Waals surface area contributed by atoms with Crippen molar-refractivity contribution in [2.45, 2.75) is 14.7 Å². The number of esters is 1. The average Bonchev–Trinajstić information content (AvgIpc) is 2.84. The van der Waals surface area contributed by atoms with Gasteiger partial charge in [-0.3, -0.25) is 14.5 Å². The van der Waals surface area contributed by atoms with Crippen LogP contribution in [-0.2, 0) is 14.3 Å². The fourth-order valence-corrected chi connectivity index (χ4v) is 6.04. The highest BCUT2D eigenvalue weighted by Crippen LogP contribution is 2.47. The standard InChI is InChI=1S/C26H18ClNO3S2/c27-18-9-5-7-17-8-6-14-23(26(17)18)32-16-25(30)31-15-24(29)28-19-10-1-3-12-21(19)33-22-13-4-2-11-20(22)28/h1-14H,15-16H2. The molecule has 0 bridgehead atoms. The zero-order valence-electron chi connectivity index (χ0n) is 17.4. The van der Waals surface area contributed by atoms with E-state index < -0.39 is 5.97 Å². The molecular weight excluding hydrogens is 474 g/mol. The van der Waals surface area contributed by atoms with Gasteiger partial charge in [0.05, 0.1) is 17.1 Å². The van der Waals surface area contributed by atoms with Crippen LogP contribution >= 0.6 is 35.1 Å². The second kappa shape index (κ2) is 9.51. The molecule has 0 radical (unpaired) electrons. The van der Waals surface area contributed by atoms with Gasteiger partial charge in [-0.1, -0.05) is 71.9 Å². The van der Waals surface area contributed by atoms with E-state index in [9.17, 15) is 9.59 Å². The van der Waals surface area contributed by atoms with Gasteiger partial charge in [-0.25, -0.2) is 0 Å². The highest BCUT2D eigenvalue weighted by molar-refractivity contribution is 8.00. The third-order valence-corrected chi connectivity index (χ3v) is 7.68. The molecule has 7 heteroatoms. The molecule has 0 atom stereocenters. The predicted octanol–water partition coefficient (Wildman–Crippen LogP) is 6.96. The van der Waals surface area contributed by atoms with Gasteiger partial charge in [-0.05, 0) is 41.8 Å². The number of hydrogen-bond acceptors (Lipinski definition) is 5. The summed E-state index contributed by atoms with van der Waals surface area (Å²) >= 11 is 9.34. The Kier molecular flexibility index (Phi) is 6.31. The molecule has 164 valence electrons. The summed E-state index contributed by atoms with van der Waals surface area (Å²) in [6, 6.07) is 27.0. The van der Waals surface area contributed by atoms with Crippen molar-refractivity contribution >= 4 is 69.1 Å². The average molecular weight is 492 g/mol. The molecule has 0 aromatic heterocycles. The lowest BCUT2D eigenvalue weighted by molar-refractivity contribution is -0.144. The molecule has 0 N–H and O–H groups in total. The van der Waals surface area contributed by atoms with Crippen LogP contribution in [0.25, 0.3) is 10.8 Å². The molecule has 1 amide bonds. The van der Waals surface area contributed by atoms with Crippen molar-refractivity contribution in [2.75, 3.05) is 17.3 Å². The van der Waals surface area contributed by atoms with E-state index in [1.54, 1.807) is 16.7 Å². The van der Waals surface area contributed by atoms with Crippen LogP contribution < -0.4 is 4.90 Å². The number of hydrogen-bond donors (Lipinski definition) is 0. The SMILES string of the molecule is O=C(CSc1cccc2cccc(Cl)c12)OCC(=O)N1c2ccccc2Sc2ccccc21. The summed E-state index contributed by atoms with van der Waals surface area (Å²) < 4.78 is 5.36. The zero-order valence-corrected chi connectivity index (χ0v) is 19.8. The van der Waals surface area contributed by atoms with Gasteiger partial charge < -0.3 is 4.74 Å². The topological polar surface area (TPSA) is 46.6 Å². The summed E-state index contributed by atoms with van der Waals surface area (Å²) in [4.78, 5) is 30.1. The second-order valence-corrected chi connectivity index (χ2v) is 9.82. The first-order valence-corrected chi connectivity index (χ1v) is 12.4. The number of benzene rings is 4. The van der Waals surface area contributed by atoms with Crippen LogP contribution in [0.1, 0.15) is 0 Å². The largest absolute Gasteiger partial charge is 0.455 e. The lowest BCUT2D eigenvalue weighted by Crippen LogP contribution is -2.32. The van der Waals surface area contributed by atoms with Gasteiger partial charge in [0.1, 0.15) is 0 Å². The first-order chi connectivity index (χ1) is 16.1. The van der Waals surface area contributed by atoms with Crippen molar-refractivity contribution in [3.8, 4) is 0 Å². The number of carbonyl (C=O) groups is 2. The quantitative estimate of drug-likeness (QED) is 0.223. The van der Waals surface area contributed by atoms with Crippen LogP contribution in [0.2, 0.25) is 5.02 Å². The van der Waals surface area contributed by atoms with Crippen molar-refractivity contribution in [1.29, 1.82) is 0 Å². The van der Waals surface area contributed by atoms with Crippen LogP contribution in [0.3, 0.4) is 0 Å². The van der Waals surface area contributed by atoms with Gasteiger partial charge in [-0.15, -0.1) is 11.8 Å². The smallest absolute Gasteiger partial charge is 0.316 e. The second-order valence-electron chi connectivity index (χ2n) is 7.31. The van der Waals surface area contributed by atoms with Gasteiger partial charge in [0.2, 0.25) is 0 Å². The molecule has 4 aromatic carbocycles. The molecule has 0 saturated heterocycles. The highest BCUT2D eigenvalue weighted by Gasteiger charge is 2.28. The van der Waals surface area contributed by atoms with Crippen LogP contribution in [0.5, 0.6) is 0 Å². The summed E-state index contributed by atoms with van der Waals surface area (Å²) in [5.41, 5.74) is 1.59. The lowest BCUT2D eigenvalue weighted by Gasteiger charge is -2.30. The Morgan fingerprint density at radius 3 is 2.18 bits per heavy atom. The number of nitrogens with zero attached hydrogens (tertiary/aromatic N) is 1. The van der Waals surface area contributed by atoms with E-state index in [0.29, 0.717) is 5.02 Å². The van der Waals surface area contributed by atoms with Crippen LogP contribution in [-0.4, -0.2) is 24.2 Å². The van der Waals surface area contributed by atoms with Crippen molar-refractivity contribution in [3.05, 3.63) is 90.0 Å². The molecule has 1 aliphatic heterocycles. The molecule has 0 aliphatic carbocycles. The maximum atomic E-state index is 13.1. The third-order valence-electron chi connectivity index (χ3n) is 5.20. The normalized spacial score (nSPS) is 12.2. The monoisotopic (exact) mass is 491 g/mol. The third kappa shape index (κ3) is 4.47. The number of carbonyl (C=O) groups excluding carboxylic acids is 2. The molecular formula is C26H18ClNO3S2. The van der Waals surface area contributed by atoms with Gasteiger partial charge in [-0.2, -0.15) is 0 Å². The van der Waals surface area contributed by atoms with Gasteiger partial charge >= 0.3 is 5.97 Å². The predicted molar refractivity (Wildman–Crippen MR) is 135 cm³/mol. The first-order valence-electron chi connectivity index (χ1n) is 10.3. The maximum absolute atomic E-state index is 13.1. The molecule has 4 nitrogen and oxygen atoms in total. The molecule has 1 aliphatic rings. The van der Waals surface area contributed by atoms with Crippen LogP contribution in [0.15, 0.2) is 99.6 Å². The summed E-state index contributed by atoms with van der Waals surface area (Å²) in [6.45, 7) is -0.330. The summed E-state index contributed by atoms with van der Waals surface area (Å²) in [5, 5.41) is 2.56. The first kappa shape index (κ1) is 21.9. The van der Waals surface area contributed by atoms with Crippen molar-refractivity contribution < 1.29 is 14.3 Å². The highest BCUT2D eigenvalue weighted by atomic mass is 35.5. The minimum Gasteiger partial charge on any atom is -0.455 e. The molecule has 0 fully saturated rings. The van der Waals surface area contributed by atoms with E-state index in [1.807, 2.05) is 84.9 Å². The Morgan fingerprint density at radius 1 is 0.848 bits per heavy atom. The summed E-state index contributed by atoms with van der Waals surface area (Å²) in [6.07, 6.45) is 0. The number of amides is 1. The molecule has 33 heavy (non-hydrogen) atoms. The fourth-order valence-electron chi connectivity index (χ4n) is 3.74. The van der Waals surface area contributed by atoms with E-state index in [4.69, 9.17) is 16.3 Å². The number of fused-ring (bicyclic) bond motifs is 3. The fraction of sp³-hybridized carbons (Fsp3) is 0.0769. The van der Waals surface area contributed by atoms with E-state index in [-0.39, 0.29) is 18.3 Å². The Balaban J connectivity index is 1.27. The number of halogens is 1. The molecule has 0 unspecified atom stereocenters. The molecule has 0 spiro atoms. The van der Waals surface area contributed by atoms with Crippen molar-refractivity contribution in [2.24, 2.45) is 0 Å². The van der Waals surface area contributed by atoms with Crippen molar-refractivity contribution in [3.63, 3.8) is 0 Å². The van der Waals surface area contributed by atoms with Gasteiger partial charge in [0.15, 0.2) is 6.61 Å². The van der Waals surface area contributed by atoms with E-state index in [0.717, 1.165) is 36.8 Å². The van der Waals surface area contributed by atoms with E-state index in [1.165, 1.54) is 11.8 Å². The Hall–Kier alpha value is -2.93. The minimum atomic E-state index is -0.453. The molecule has 1 heterocycles. The van der Waals surface area contributed by atoms with Gasteiger partial charge in [0.25, 0.3) is 5.91 Å². The molecule has 5 rings (SSSR count). The van der Waals surface area contributed by atoms with Gasteiger partial charge in [0, 0.05) is 25.1 Å². The van der Waals surface area contributed by atoms with Crippen molar-refractivity contribution in [1.82, 2.24) is 0 Å². The number of anilines is 2. The minimum absolute atomic E-state index is 0.0840. The summed E-state index contributed by atoms with van der Waals surface area (Å²) in [5.74, 6) is -0.659. The van der Waals surface area contributed by atoms with E-state index >= 15 is 0 Å². The van der Waals surface area contributed by atoms with E-state index in [2.05, 4.69) is 0 Å². The van der Waals surface area contributed by atoms with Crippen LogP contribution in [0, 0.1) is 0 Å². The Bertz CT molecular complexity index is 1320. The molecule has 0 saturated carbocycles. The Morgan fingerprint density at radius 2 is 1.48 bits per heavy atom. The maximum Gasteiger partial charge on any atom is 0.316 e. The number of ether oxygens (including phenoxy) is 1. The van der Waals surface area contributed by atoms with Crippen LogP contribution in [0.4, 0.5) is 11.4 Å². The lowest BCUT2D eigenvalue weighted by atomic mass is 10.1.